The maximum absolute atomic E-state index is 11.8. The minimum Gasteiger partial charge on any atom is -0.354 e. The number of hydrogen-bond acceptors (Lipinski definition) is 5. The lowest BCUT2D eigenvalue weighted by Gasteiger charge is -2.13. The summed E-state index contributed by atoms with van der Waals surface area (Å²) < 4.78 is 9.95. The van der Waals surface area contributed by atoms with Gasteiger partial charge in [0, 0.05) is 14.2 Å². The first-order valence-electron chi connectivity index (χ1n) is 4.99. The summed E-state index contributed by atoms with van der Waals surface area (Å²) in [6.45, 7) is 2.30. The van der Waals surface area contributed by atoms with E-state index in [9.17, 15) is 4.79 Å². The molecule has 0 bridgehead atoms. The van der Waals surface area contributed by atoms with Gasteiger partial charge in [-0.15, -0.1) is 11.3 Å². The number of rotatable bonds is 6. The van der Waals surface area contributed by atoms with Crippen LogP contribution >= 0.6 is 11.3 Å². The number of hydrogen-bond donors (Lipinski definition) is 1. The Hall–Kier alpha value is -0.980. The lowest BCUT2D eigenvalue weighted by molar-refractivity contribution is -0.0974. The van der Waals surface area contributed by atoms with Gasteiger partial charge in [-0.25, -0.2) is 4.98 Å². The van der Waals surface area contributed by atoms with Gasteiger partial charge in [-0.1, -0.05) is 6.92 Å². The predicted octanol–water partition coefficient (Wildman–Crippen LogP) is 1.05. The fourth-order valence-corrected chi connectivity index (χ4v) is 2.02. The van der Waals surface area contributed by atoms with Crippen LogP contribution in [0.5, 0.6) is 0 Å². The molecule has 1 rings (SSSR count). The molecule has 0 aromatic carbocycles. The topological polar surface area (TPSA) is 60.5 Å². The van der Waals surface area contributed by atoms with Gasteiger partial charge in [0.15, 0.2) is 6.29 Å². The third kappa shape index (κ3) is 3.26. The van der Waals surface area contributed by atoms with E-state index < -0.39 is 6.29 Å². The molecule has 0 fully saturated rings. The molecule has 0 radical (unpaired) electrons. The Balaban J connectivity index is 2.52. The Labute approximate surface area is 98.8 Å². The van der Waals surface area contributed by atoms with Crippen molar-refractivity contribution in [2.45, 2.75) is 19.6 Å². The Morgan fingerprint density at radius 3 is 2.81 bits per heavy atom. The summed E-state index contributed by atoms with van der Waals surface area (Å²) in [5, 5.41) is 2.74. The van der Waals surface area contributed by atoms with Gasteiger partial charge in [-0.2, -0.15) is 0 Å². The number of methoxy groups -OCH3 is 2. The van der Waals surface area contributed by atoms with Crippen molar-refractivity contribution < 1.29 is 14.3 Å². The highest BCUT2D eigenvalue weighted by Crippen LogP contribution is 2.13. The van der Waals surface area contributed by atoms with Gasteiger partial charge in [0.25, 0.3) is 5.91 Å². The normalized spacial score (nSPS) is 10.8. The lowest BCUT2D eigenvalue weighted by Crippen LogP contribution is -2.34. The average molecular weight is 244 g/mol. The third-order valence-corrected chi connectivity index (χ3v) is 3.00. The molecule has 0 saturated carbocycles. The van der Waals surface area contributed by atoms with E-state index >= 15 is 0 Å². The second-order valence-electron chi connectivity index (χ2n) is 3.09. The van der Waals surface area contributed by atoms with Crippen molar-refractivity contribution in [3.05, 3.63) is 16.1 Å². The lowest BCUT2D eigenvalue weighted by atomic mass is 10.3. The van der Waals surface area contributed by atoms with E-state index in [0.29, 0.717) is 11.4 Å². The van der Waals surface area contributed by atoms with Crippen LogP contribution < -0.4 is 5.32 Å². The summed E-state index contributed by atoms with van der Waals surface area (Å²) in [6, 6.07) is 0. The van der Waals surface area contributed by atoms with Crippen molar-refractivity contribution >= 4 is 17.2 Å². The van der Waals surface area contributed by atoms with Gasteiger partial charge < -0.3 is 14.8 Å². The largest absolute Gasteiger partial charge is 0.354 e. The molecule has 0 aliphatic carbocycles. The summed E-state index contributed by atoms with van der Waals surface area (Å²) in [5.41, 5.74) is 2.51. The summed E-state index contributed by atoms with van der Waals surface area (Å²) in [4.78, 5) is 16.5. The first kappa shape index (κ1) is 13.1. The van der Waals surface area contributed by atoms with Crippen LogP contribution in [0, 0.1) is 0 Å². The van der Waals surface area contributed by atoms with Gasteiger partial charge in [0.05, 0.1) is 17.7 Å². The summed E-state index contributed by atoms with van der Waals surface area (Å²) in [7, 11) is 3.06. The number of aryl methyl sites for hydroxylation is 1. The predicted molar refractivity (Wildman–Crippen MR) is 61.6 cm³/mol. The molecule has 90 valence electrons. The van der Waals surface area contributed by atoms with E-state index in [1.165, 1.54) is 25.6 Å². The van der Waals surface area contributed by atoms with Crippen LogP contribution in [-0.2, 0) is 15.9 Å². The molecule has 0 atom stereocenters. The fourth-order valence-electron chi connectivity index (χ4n) is 1.22. The molecule has 5 nitrogen and oxygen atoms in total. The number of thiazole rings is 1. The Bertz CT molecular complexity index is 337. The number of nitrogens with zero attached hydrogens (tertiary/aromatic N) is 1. The monoisotopic (exact) mass is 244 g/mol. The summed E-state index contributed by atoms with van der Waals surface area (Å²) in [6.07, 6.45) is 0.339. The smallest absolute Gasteiger partial charge is 0.263 e. The van der Waals surface area contributed by atoms with Crippen LogP contribution in [-0.4, -0.2) is 37.9 Å². The van der Waals surface area contributed by atoms with E-state index in [1.54, 1.807) is 5.51 Å². The number of aromatic nitrogens is 1. The molecule has 0 spiro atoms. The first-order chi connectivity index (χ1) is 7.72. The zero-order valence-corrected chi connectivity index (χ0v) is 10.5. The van der Waals surface area contributed by atoms with E-state index in [4.69, 9.17) is 9.47 Å². The minimum atomic E-state index is -0.415. The second-order valence-corrected chi connectivity index (χ2v) is 3.95. The van der Waals surface area contributed by atoms with E-state index in [1.807, 2.05) is 6.92 Å². The van der Waals surface area contributed by atoms with Crippen LogP contribution in [0.4, 0.5) is 0 Å². The van der Waals surface area contributed by atoms with Crippen molar-refractivity contribution in [2.24, 2.45) is 0 Å². The van der Waals surface area contributed by atoms with Gasteiger partial charge in [0.1, 0.15) is 4.88 Å². The summed E-state index contributed by atoms with van der Waals surface area (Å²) in [5.74, 6) is -0.126. The fraction of sp³-hybridized carbons (Fsp3) is 0.600. The third-order valence-electron chi connectivity index (χ3n) is 2.14. The molecule has 0 saturated heterocycles. The van der Waals surface area contributed by atoms with Crippen molar-refractivity contribution in [2.75, 3.05) is 20.8 Å². The quantitative estimate of drug-likeness (QED) is 0.760. The van der Waals surface area contributed by atoms with Gasteiger partial charge in [-0.3, -0.25) is 4.79 Å². The van der Waals surface area contributed by atoms with Crippen LogP contribution in [0.2, 0.25) is 0 Å². The standard InChI is InChI=1S/C10H16N2O3S/c1-4-7-9(16-6-12-7)10(13)11-5-8(14-2)15-3/h6,8H,4-5H2,1-3H3,(H,11,13). The molecule has 0 aliphatic heterocycles. The molecule has 16 heavy (non-hydrogen) atoms. The average Bonchev–Trinajstić information content (AvgIpc) is 2.78. The zero-order valence-electron chi connectivity index (χ0n) is 9.65. The molecular formula is C10H16N2O3S. The molecule has 0 unspecified atom stereocenters. The van der Waals surface area contributed by atoms with E-state index in [-0.39, 0.29) is 5.91 Å². The van der Waals surface area contributed by atoms with Crippen LogP contribution in [0.15, 0.2) is 5.51 Å². The van der Waals surface area contributed by atoms with Crippen LogP contribution in [0.25, 0.3) is 0 Å². The van der Waals surface area contributed by atoms with Crippen LogP contribution in [0.3, 0.4) is 0 Å². The van der Waals surface area contributed by atoms with E-state index in [0.717, 1.165) is 12.1 Å². The molecule has 1 heterocycles. The highest BCUT2D eigenvalue weighted by atomic mass is 32.1. The van der Waals surface area contributed by atoms with E-state index in [2.05, 4.69) is 10.3 Å². The summed E-state index contributed by atoms with van der Waals surface area (Å²) >= 11 is 1.34. The highest BCUT2D eigenvalue weighted by Gasteiger charge is 2.14. The van der Waals surface area contributed by atoms with Crippen molar-refractivity contribution in [3.8, 4) is 0 Å². The number of carbonyl (C=O) groups is 1. The SMILES string of the molecule is CCc1ncsc1C(=O)NCC(OC)OC. The molecule has 1 aromatic heterocycles. The van der Waals surface area contributed by atoms with Crippen molar-refractivity contribution in [3.63, 3.8) is 0 Å². The van der Waals surface area contributed by atoms with Gasteiger partial charge in [0.2, 0.25) is 0 Å². The van der Waals surface area contributed by atoms with Crippen LogP contribution in [0.1, 0.15) is 22.3 Å². The molecule has 0 aliphatic rings. The number of carbonyl (C=O) groups excluding carboxylic acids is 1. The molecular weight excluding hydrogens is 228 g/mol. The first-order valence-corrected chi connectivity index (χ1v) is 5.87. The number of ether oxygens (including phenoxy) is 2. The molecule has 1 aromatic rings. The minimum absolute atomic E-state index is 0.126. The maximum atomic E-state index is 11.8. The Morgan fingerprint density at radius 1 is 1.56 bits per heavy atom. The Morgan fingerprint density at radius 2 is 2.25 bits per heavy atom. The second kappa shape index (κ2) is 6.57. The number of nitrogens with one attached hydrogen (secondary N) is 1. The molecule has 1 N–H and O–H groups in total. The highest BCUT2D eigenvalue weighted by molar-refractivity contribution is 7.11. The van der Waals surface area contributed by atoms with Crippen molar-refractivity contribution in [1.29, 1.82) is 0 Å². The van der Waals surface area contributed by atoms with Crippen molar-refractivity contribution in [1.82, 2.24) is 10.3 Å². The molecule has 6 heteroatoms. The maximum Gasteiger partial charge on any atom is 0.263 e. The Kier molecular flexibility index (Phi) is 5.37. The van der Waals surface area contributed by atoms with Gasteiger partial charge in [-0.05, 0) is 6.42 Å². The zero-order chi connectivity index (χ0) is 12.0. The van der Waals surface area contributed by atoms with Gasteiger partial charge >= 0.3 is 0 Å². The number of amides is 1. The molecule has 1 amide bonds.